The van der Waals surface area contributed by atoms with Gasteiger partial charge in [-0.2, -0.15) is 5.10 Å². The fourth-order valence-electron chi connectivity index (χ4n) is 2.35. The molecule has 0 aliphatic rings. The lowest BCUT2D eigenvalue weighted by Crippen LogP contribution is -2.20. The smallest absolute Gasteiger partial charge is 0.0739 e. The van der Waals surface area contributed by atoms with E-state index in [0.717, 1.165) is 20.2 Å². The van der Waals surface area contributed by atoms with Gasteiger partial charge in [0.25, 0.3) is 0 Å². The van der Waals surface area contributed by atoms with Crippen LogP contribution in [0, 0.1) is 13.8 Å². The Kier molecular flexibility index (Phi) is 5.60. The fraction of sp³-hybridized carbons (Fsp3) is 0.400. The van der Waals surface area contributed by atoms with E-state index in [4.69, 9.17) is 10.5 Å². The minimum absolute atomic E-state index is 0.232. The summed E-state index contributed by atoms with van der Waals surface area (Å²) in [5.74, 6) is 0. The predicted octanol–water partition coefficient (Wildman–Crippen LogP) is 3.72. The van der Waals surface area contributed by atoms with Crippen LogP contribution >= 0.6 is 31.9 Å². The van der Waals surface area contributed by atoms with Crippen LogP contribution in [-0.2, 0) is 11.3 Å². The summed E-state index contributed by atoms with van der Waals surface area (Å²) < 4.78 is 9.07. The molecule has 1 atom stereocenters. The zero-order valence-corrected chi connectivity index (χ0v) is 15.5. The van der Waals surface area contributed by atoms with Crippen molar-refractivity contribution in [3.05, 3.63) is 49.7 Å². The van der Waals surface area contributed by atoms with Gasteiger partial charge in [0, 0.05) is 11.6 Å². The Balaban J connectivity index is 2.40. The number of hydrogen-bond donors (Lipinski definition) is 1. The SMILES string of the molecule is COCCn1ncc(Br)c1C(N)c1cc(C)c(Br)c(C)c1. The van der Waals surface area contributed by atoms with Crippen molar-refractivity contribution in [2.45, 2.75) is 26.4 Å². The standard InChI is InChI=1S/C15H19Br2N3O/c1-9-6-11(7-10(2)13(9)17)14(18)15-12(16)8-19-20(15)4-5-21-3/h6-8,14H,4-5,18H2,1-3H3. The lowest BCUT2D eigenvalue weighted by atomic mass is 10.00. The van der Waals surface area contributed by atoms with E-state index in [1.165, 1.54) is 11.1 Å². The van der Waals surface area contributed by atoms with Crippen LogP contribution in [0.25, 0.3) is 0 Å². The number of halogens is 2. The van der Waals surface area contributed by atoms with Gasteiger partial charge in [0.15, 0.2) is 0 Å². The maximum Gasteiger partial charge on any atom is 0.0739 e. The van der Waals surface area contributed by atoms with Crippen LogP contribution in [-0.4, -0.2) is 23.5 Å². The minimum atomic E-state index is -0.232. The molecule has 0 radical (unpaired) electrons. The van der Waals surface area contributed by atoms with Gasteiger partial charge in [-0.05, 0) is 46.5 Å². The van der Waals surface area contributed by atoms with E-state index in [0.29, 0.717) is 13.2 Å². The van der Waals surface area contributed by atoms with Crippen molar-refractivity contribution < 1.29 is 4.74 Å². The van der Waals surface area contributed by atoms with Crippen molar-refractivity contribution >= 4 is 31.9 Å². The molecule has 114 valence electrons. The van der Waals surface area contributed by atoms with Gasteiger partial charge in [0.1, 0.15) is 0 Å². The van der Waals surface area contributed by atoms with Crippen LogP contribution in [0.5, 0.6) is 0 Å². The first-order valence-electron chi connectivity index (χ1n) is 6.68. The van der Waals surface area contributed by atoms with Gasteiger partial charge >= 0.3 is 0 Å². The molecule has 1 aromatic carbocycles. The normalized spacial score (nSPS) is 12.7. The molecule has 2 aromatic rings. The third-order valence-electron chi connectivity index (χ3n) is 3.45. The highest BCUT2D eigenvalue weighted by molar-refractivity contribution is 9.10. The summed E-state index contributed by atoms with van der Waals surface area (Å²) in [5, 5.41) is 4.36. The summed E-state index contributed by atoms with van der Waals surface area (Å²) in [6.07, 6.45) is 1.78. The number of aromatic nitrogens is 2. The maximum absolute atomic E-state index is 6.48. The Hall–Kier alpha value is -0.690. The number of nitrogens with zero attached hydrogens (tertiary/aromatic N) is 2. The van der Waals surface area contributed by atoms with Gasteiger partial charge < -0.3 is 10.5 Å². The summed E-state index contributed by atoms with van der Waals surface area (Å²) in [6, 6.07) is 3.99. The molecule has 1 unspecified atom stereocenters. The number of rotatable bonds is 5. The average molecular weight is 417 g/mol. The van der Waals surface area contributed by atoms with Crippen LogP contribution in [0.15, 0.2) is 27.3 Å². The molecule has 0 amide bonds. The predicted molar refractivity (Wildman–Crippen MR) is 91.4 cm³/mol. The number of ether oxygens (including phenoxy) is 1. The second-order valence-corrected chi connectivity index (χ2v) is 6.69. The number of nitrogens with two attached hydrogens (primary N) is 1. The van der Waals surface area contributed by atoms with Gasteiger partial charge in [-0.1, -0.05) is 28.1 Å². The number of methoxy groups -OCH3 is 1. The van der Waals surface area contributed by atoms with Crippen molar-refractivity contribution in [3.8, 4) is 0 Å². The Morgan fingerprint density at radius 3 is 2.48 bits per heavy atom. The molecule has 4 nitrogen and oxygen atoms in total. The van der Waals surface area contributed by atoms with Crippen LogP contribution in [0.3, 0.4) is 0 Å². The highest BCUT2D eigenvalue weighted by Gasteiger charge is 2.19. The zero-order chi connectivity index (χ0) is 15.6. The molecule has 0 aliphatic carbocycles. The quantitative estimate of drug-likeness (QED) is 0.807. The molecule has 2 N–H and O–H groups in total. The van der Waals surface area contributed by atoms with Crippen molar-refractivity contribution in [1.82, 2.24) is 9.78 Å². The molecule has 0 fully saturated rings. The largest absolute Gasteiger partial charge is 0.383 e. The third kappa shape index (κ3) is 3.56. The molecule has 6 heteroatoms. The third-order valence-corrected chi connectivity index (χ3v) is 5.31. The fourth-order valence-corrected chi connectivity index (χ4v) is 3.13. The van der Waals surface area contributed by atoms with E-state index in [-0.39, 0.29) is 6.04 Å². The second-order valence-electron chi connectivity index (χ2n) is 5.04. The van der Waals surface area contributed by atoms with E-state index in [9.17, 15) is 0 Å². The second kappa shape index (κ2) is 7.05. The Labute approximate surface area is 141 Å². The molecule has 1 heterocycles. The number of hydrogen-bond acceptors (Lipinski definition) is 3. The lowest BCUT2D eigenvalue weighted by Gasteiger charge is -2.17. The highest BCUT2D eigenvalue weighted by atomic mass is 79.9. The number of aryl methyl sites for hydroxylation is 2. The van der Waals surface area contributed by atoms with E-state index >= 15 is 0 Å². The molecule has 0 aliphatic heterocycles. The molecule has 0 bridgehead atoms. The van der Waals surface area contributed by atoms with Crippen molar-refractivity contribution in [1.29, 1.82) is 0 Å². The van der Waals surface area contributed by atoms with E-state index in [1.807, 2.05) is 4.68 Å². The Morgan fingerprint density at radius 2 is 1.90 bits per heavy atom. The summed E-state index contributed by atoms with van der Waals surface area (Å²) >= 11 is 7.14. The van der Waals surface area contributed by atoms with Crippen LogP contribution in [0.1, 0.15) is 28.4 Å². The summed E-state index contributed by atoms with van der Waals surface area (Å²) in [5.41, 5.74) is 10.9. The molecule has 0 saturated carbocycles. The van der Waals surface area contributed by atoms with Crippen LogP contribution in [0.2, 0.25) is 0 Å². The first-order chi connectivity index (χ1) is 9.95. The van der Waals surface area contributed by atoms with Gasteiger partial charge in [-0.3, -0.25) is 4.68 Å². The Bertz CT molecular complexity index is 617. The summed E-state index contributed by atoms with van der Waals surface area (Å²) in [6.45, 7) is 5.43. The first kappa shape index (κ1) is 16.7. The molecule has 2 rings (SSSR count). The van der Waals surface area contributed by atoms with Gasteiger partial charge in [0.05, 0.1) is 35.6 Å². The molecular formula is C15H19Br2N3O. The van der Waals surface area contributed by atoms with Gasteiger partial charge in [-0.25, -0.2) is 0 Å². The topological polar surface area (TPSA) is 53.1 Å². The average Bonchev–Trinajstić information content (AvgIpc) is 2.82. The Morgan fingerprint density at radius 1 is 1.29 bits per heavy atom. The van der Waals surface area contributed by atoms with Gasteiger partial charge in [-0.15, -0.1) is 0 Å². The van der Waals surface area contributed by atoms with E-state index in [1.54, 1.807) is 13.3 Å². The molecule has 0 spiro atoms. The van der Waals surface area contributed by atoms with Crippen molar-refractivity contribution in [2.75, 3.05) is 13.7 Å². The minimum Gasteiger partial charge on any atom is -0.383 e. The molecule has 21 heavy (non-hydrogen) atoms. The van der Waals surface area contributed by atoms with Crippen molar-refractivity contribution in [2.24, 2.45) is 5.73 Å². The molecule has 0 saturated heterocycles. The maximum atomic E-state index is 6.48. The first-order valence-corrected chi connectivity index (χ1v) is 8.26. The zero-order valence-electron chi connectivity index (χ0n) is 12.4. The summed E-state index contributed by atoms with van der Waals surface area (Å²) in [4.78, 5) is 0. The highest BCUT2D eigenvalue weighted by Crippen LogP contribution is 2.30. The van der Waals surface area contributed by atoms with E-state index in [2.05, 4.69) is 62.9 Å². The molecular weight excluding hydrogens is 398 g/mol. The van der Waals surface area contributed by atoms with Crippen molar-refractivity contribution in [3.63, 3.8) is 0 Å². The monoisotopic (exact) mass is 415 g/mol. The van der Waals surface area contributed by atoms with Gasteiger partial charge in [0.2, 0.25) is 0 Å². The number of benzene rings is 1. The van der Waals surface area contributed by atoms with E-state index < -0.39 is 0 Å². The lowest BCUT2D eigenvalue weighted by molar-refractivity contribution is 0.182. The van der Waals surface area contributed by atoms with Crippen LogP contribution in [0.4, 0.5) is 0 Å². The summed E-state index contributed by atoms with van der Waals surface area (Å²) in [7, 11) is 1.68. The van der Waals surface area contributed by atoms with Crippen LogP contribution < -0.4 is 5.73 Å². The molecule has 1 aromatic heterocycles.